The zero-order chi connectivity index (χ0) is 19.9. The van der Waals surface area contributed by atoms with E-state index in [1.165, 1.54) is 7.11 Å². The Balaban J connectivity index is 1.77. The van der Waals surface area contributed by atoms with Crippen LogP contribution in [0.5, 0.6) is 5.75 Å². The third-order valence-corrected chi connectivity index (χ3v) is 3.97. The topological polar surface area (TPSA) is 90.7 Å². The number of nitrogens with one attached hydrogen (secondary N) is 1. The van der Waals surface area contributed by atoms with Crippen LogP contribution in [0, 0.1) is 6.92 Å². The zero-order valence-electron chi connectivity index (χ0n) is 15.5. The number of hydrogen-bond donors (Lipinski definition) is 1. The Morgan fingerprint density at radius 2 is 1.82 bits per heavy atom. The van der Waals surface area contributed by atoms with Gasteiger partial charge in [0.2, 0.25) is 6.10 Å². The third kappa shape index (κ3) is 4.97. The van der Waals surface area contributed by atoms with Crippen molar-refractivity contribution in [3.05, 3.63) is 77.6 Å². The van der Waals surface area contributed by atoms with E-state index in [4.69, 9.17) is 9.26 Å². The van der Waals surface area contributed by atoms with Crippen molar-refractivity contribution in [1.29, 1.82) is 0 Å². The number of esters is 1. The van der Waals surface area contributed by atoms with E-state index >= 15 is 0 Å². The standard InChI is InChI=1S/C21H20N2O5/c1-14-12-18(23-28-14)22-21(25)20(16-6-4-3-5-7-16)27-17-10-8-15(9-11-17)13-19(24)26-2/h3-12,20H,13H2,1-2H3,(H,22,23,25). The molecule has 7 nitrogen and oxygen atoms in total. The molecule has 7 heteroatoms. The second-order valence-corrected chi connectivity index (χ2v) is 6.12. The van der Waals surface area contributed by atoms with Gasteiger partial charge in [-0.2, -0.15) is 0 Å². The number of carbonyl (C=O) groups is 2. The average molecular weight is 380 g/mol. The Morgan fingerprint density at radius 1 is 1.11 bits per heavy atom. The van der Waals surface area contributed by atoms with Crippen molar-refractivity contribution in [2.45, 2.75) is 19.4 Å². The highest BCUT2D eigenvalue weighted by atomic mass is 16.5. The van der Waals surface area contributed by atoms with Gasteiger partial charge in [0.15, 0.2) is 5.82 Å². The molecule has 0 radical (unpaired) electrons. The first kappa shape index (κ1) is 19.2. The van der Waals surface area contributed by atoms with E-state index in [2.05, 4.69) is 15.2 Å². The number of amides is 1. The molecule has 1 atom stereocenters. The SMILES string of the molecule is COC(=O)Cc1ccc(OC(C(=O)Nc2cc(C)on2)c2ccccc2)cc1. The van der Waals surface area contributed by atoms with E-state index in [0.29, 0.717) is 22.9 Å². The highest BCUT2D eigenvalue weighted by molar-refractivity contribution is 5.94. The molecular weight excluding hydrogens is 360 g/mol. The average Bonchev–Trinajstić information content (AvgIpc) is 3.12. The molecule has 0 saturated heterocycles. The number of carbonyl (C=O) groups excluding carboxylic acids is 2. The Hall–Kier alpha value is -3.61. The molecule has 0 aliphatic carbocycles. The number of methoxy groups -OCH3 is 1. The lowest BCUT2D eigenvalue weighted by atomic mass is 10.1. The fourth-order valence-corrected chi connectivity index (χ4v) is 2.58. The number of aromatic nitrogens is 1. The van der Waals surface area contributed by atoms with Crippen molar-refractivity contribution in [2.24, 2.45) is 0 Å². The number of hydrogen-bond acceptors (Lipinski definition) is 6. The van der Waals surface area contributed by atoms with Crippen molar-refractivity contribution >= 4 is 17.7 Å². The minimum Gasteiger partial charge on any atom is -0.476 e. The van der Waals surface area contributed by atoms with E-state index in [0.717, 1.165) is 5.56 Å². The number of nitrogens with zero attached hydrogens (tertiary/aromatic N) is 1. The van der Waals surface area contributed by atoms with Gasteiger partial charge in [-0.25, -0.2) is 0 Å². The second-order valence-electron chi connectivity index (χ2n) is 6.12. The van der Waals surface area contributed by atoms with Gasteiger partial charge < -0.3 is 19.3 Å². The molecule has 0 bridgehead atoms. The summed E-state index contributed by atoms with van der Waals surface area (Å²) in [6, 6.07) is 17.7. The van der Waals surface area contributed by atoms with Crippen molar-refractivity contribution in [1.82, 2.24) is 5.16 Å². The van der Waals surface area contributed by atoms with E-state index in [-0.39, 0.29) is 18.3 Å². The fourth-order valence-electron chi connectivity index (χ4n) is 2.58. The summed E-state index contributed by atoms with van der Waals surface area (Å²) in [5.41, 5.74) is 1.48. The van der Waals surface area contributed by atoms with Crippen LogP contribution in [0.2, 0.25) is 0 Å². The van der Waals surface area contributed by atoms with Crippen LogP contribution >= 0.6 is 0 Å². The Morgan fingerprint density at radius 3 is 2.43 bits per heavy atom. The number of ether oxygens (including phenoxy) is 2. The van der Waals surface area contributed by atoms with Crippen LogP contribution in [0.4, 0.5) is 5.82 Å². The van der Waals surface area contributed by atoms with E-state index in [9.17, 15) is 9.59 Å². The van der Waals surface area contributed by atoms with Crippen LogP contribution in [0.15, 0.2) is 65.2 Å². The summed E-state index contributed by atoms with van der Waals surface area (Å²) in [6.45, 7) is 1.74. The maximum Gasteiger partial charge on any atom is 0.309 e. The summed E-state index contributed by atoms with van der Waals surface area (Å²) in [5.74, 6) is 0.708. The summed E-state index contributed by atoms with van der Waals surface area (Å²) < 4.78 is 15.6. The molecule has 1 aromatic heterocycles. The summed E-state index contributed by atoms with van der Waals surface area (Å²) in [6.07, 6.45) is -0.713. The van der Waals surface area contributed by atoms with Crippen molar-refractivity contribution in [3.63, 3.8) is 0 Å². The fraction of sp³-hybridized carbons (Fsp3) is 0.190. The molecule has 28 heavy (non-hydrogen) atoms. The molecule has 144 valence electrons. The molecule has 0 aliphatic rings. The summed E-state index contributed by atoms with van der Waals surface area (Å²) >= 11 is 0. The first-order valence-electron chi connectivity index (χ1n) is 8.66. The molecule has 3 rings (SSSR count). The first-order valence-corrected chi connectivity index (χ1v) is 8.66. The lowest BCUT2D eigenvalue weighted by Crippen LogP contribution is -2.25. The minimum atomic E-state index is -0.885. The van der Waals surface area contributed by atoms with Crippen molar-refractivity contribution < 1.29 is 23.6 Å². The summed E-state index contributed by atoms with van der Waals surface area (Å²) in [7, 11) is 1.35. The van der Waals surface area contributed by atoms with Gasteiger partial charge >= 0.3 is 5.97 Å². The lowest BCUT2D eigenvalue weighted by molar-refractivity contribution is -0.139. The molecule has 3 aromatic rings. The van der Waals surface area contributed by atoms with Crippen LogP contribution in [0.3, 0.4) is 0 Å². The highest BCUT2D eigenvalue weighted by Crippen LogP contribution is 2.24. The van der Waals surface area contributed by atoms with Gasteiger partial charge in [0, 0.05) is 11.6 Å². The van der Waals surface area contributed by atoms with Gasteiger partial charge in [-0.05, 0) is 24.6 Å². The molecular formula is C21H20N2O5. The van der Waals surface area contributed by atoms with E-state index < -0.39 is 6.10 Å². The van der Waals surface area contributed by atoms with Crippen molar-refractivity contribution in [2.75, 3.05) is 12.4 Å². The Bertz CT molecular complexity index is 935. The monoisotopic (exact) mass is 380 g/mol. The van der Waals surface area contributed by atoms with E-state index in [1.54, 1.807) is 37.3 Å². The predicted octanol–water partition coefficient (Wildman–Crippen LogP) is 3.46. The van der Waals surface area contributed by atoms with Gasteiger partial charge in [-0.15, -0.1) is 0 Å². The molecule has 0 spiro atoms. The number of rotatable bonds is 7. The van der Waals surface area contributed by atoms with Gasteiger partial charge in [0.1, 0.15) is 11.5 Å². The zero-order valence-corrected chi connectivity index (χ0v) is 15.5. The molecule has 1 unspecified atom stereocenters. The minimum absolute atomic E-state index is 0.172. The van der Waals surface area contributed by atoms with Crippen LogP contribution < -0.4 is 10.1 Å². The second kappa shape index (κ2) is 8.85. The molecule has 0 fully saturated rings. The van der Waals surface area contributed by atoms with Crippen LogP contribution in [0.1, 0.15) is 23.0 Å². The Kier molecular flexibility index (Phi) is 6.06. The molecule has 2 aromatic carbocycles. The number of anilines is 1. The van der Waals surface area contributed by atoms with Gasteiger partial charge in [-0.1, -0.05) is 47.6 Å². The van der Waals surface area contributed by atoms with Gasteiger partial charge in [-0.3, -0.25) is 9.59 Å². The summed E-state index contributed by atoms with van der Waals surface area (Å²) in [5, 5.41) is 6.48. The van der Waals surface area contributed by atoms with E-state index in [1.807, 2.05) is 30.3 Å². The largest absolute Gasteiger partial charge is 0.476 e. The van der Waals surface area contributed by atoms with Crippen LogP contribution in [-0.2, 0) is 20.7 Å². The Labute approximate surface area is 162 Å². The molecule has 0 aliphatic heterocycles. The van der Waals surface area contributed by atoms with Gasteiger partial charge in [0.25, 0.3) is 5.91 Å². The first-order chi connectivity index (χ1) is 13.5. The predicted molar refractivity (Wildman–Crippen MR) is 102 cm³/mol. The highest BCUT2D eigenvalue weighted by Gasteiger charge is 2.24. The molecule has 1 heterocycles. The van der Waals surface area contributed by atoms with Gasteiger partial charge in [0.05, 0.1) is 13.5 Å². The van der Waals surface area contributed by atoms with Crippen LogP contribution in [0.25, 0.3) is 0 Å². The third-order valence-electron chi connectivity index (χ3n) is 3.97. The van der Waals surface area contributed by atoms with Crippen LogP contribution in [-0.4, -0.2) is 24.1 Å². The molecule has 1 N–H and O–H groups in total. The maximum atomic E-state index is 12.8. The lowest BCUT2D eigenvalue weighted by Gasteiger charge is -2.18. The summed E-state index contributed by atoms with van der Waals surface area (Å²) in [4.78, 5) is 24.2. The molecule has 1 amide bonds. The van der Waals surface area contributed by atoms with Crippen molar-refractivity contribution in [3.8, 4) is 5.75 Å². The number of aryl methyl sites for hydroxylation is 1. The smallest absolute Gasteiger partial charge is 0.309 e. The normalized spacial score (nSPS) is 11.5. The maximum absolute atomic E-state index is 12.8. The molecule has 0 saturated carbocycles. The quantitative estimate of drug-likeness (QED) is 0.631. The number of benzene rings is 2.